The average Bonchev–Trinajstić information content (AvgIpc) is 2.23. The van der Waals surface area contributed by atoms with E-state index in [1.54, 1.807) is 38.1 Å². The monoisotopic (exact) mass is 272 g/mol. The third kappa shape index (κ3) is 3.35. The topological polar surface area (TPSA) is 70.0 Å². The number of aryl methyl sites for hydroxylation is 1. The lowest BCUT2D eigenvalue weighted by Crippen LogP contribution is -2.26. The molecule has 92 valence electrons. The van der Waals surface area contributed by atoms with Crippen molar-refractivity contribution in [2.75, 3.05) is 4.72 Å². The second-order valence-electron chi connectivity index (χ2n) is 3.63. The van der Waals surface area contributed by atoms with E-state index < -0.39 is 15.3 Å². The second-order valence-corrected chi connectivity index (χ2v) is 5.93. The van der Waals surface area contributed by atoms with E-state index in [0.29, 0.717) is 16.3 Å². The van der Waals surface area contributed by atoms with E-state index in [-0.39, 0.29) is 6.42 Å². The number of nitriles is 1. The molecule has 1 N–H and O–H groups in total. The van der Waals surface area contributed by atoms with Crippen LogP contribution in [0.2, 0.25) is 5.02 Å². The molecule has 4 nitrogen and oxygen atoms in total. The van der Waals surface area contributed by atoms with Gasteiger partial charge in [0.25, 0.3) is 0 Å². The van der Waals surface area contributed by atoms with Gasteiger partial charge in [-0.3, -0.25) is 4.72 Å². The number of rotatable bonds is 4. The Labute approximate surface area is 106 Å². The molecular formula is C11H13ClN2O2S. The molecule has 0 fully saturated rings. The third-order valence-electron chi connectivity index (χ3n) is 2.33. The minimum atomic E-state index is -3.67. The fourth-order valence-corrected chi connectivity index (χ4v) is 2.83. The van der Waals surface area contributed by atoms with E-state index >= 15 is 0 Å². The first-order valence-corrected chi connectivity index (χ1v) is 7.00. The van der Waals surface area contributed by atoms with E-state index in [1.807, 2.05) is 0 Å². The molecule has 0 aliphatic carbocycles. The number of halogens is 1. The van der Waals surface area contributed by atoms with Gasteiger partial charge in [-0.15, -0.1) is 0 Å². The Kier molecular flexibility index (Phi) is 4.38. The summed E-state index contributed by atoms with van der Waals surface area (Å²) in [6.07, 6.45) is 0.248. The van der Waals surface area contributed by atoms with E-state index in [4.69, 9.17) is 16.9 Å². The van der Waals surface area contributed by atoms with E-state index in [9.17, 15) is 8.42 Å². The summed E-state index contributed by atoms with van der Waals surface area (Å²) in [7, 11) is -3.67. The smallest absolute Gasteiger partial charge is 0.249 e. The predicted molar refractivity (Wildman–Crippen MR) is 68.4 cm³/mol. The number of hydrogen-bond donors (Lipinski definition) is 1. The van der Waals surface area contributed by atoms with Crippen molar-refractivity contribution in [1.29, 1.82) is 5.26 Å². The maximum absolute atomic E-state index is 11.8. The Morgan fingerprint density at radius 3 is 2.65 bits per heavy atom. The van der Waals surface area contributed by atoms with Gasteiger partial charge in [0.15, 0.2) is 5.25 Å². The molecule has 1 rings (SSSR count). The lowest BCUT2D eigenvalue weighted by Gasteiger charge is -2.13. The van der Waals surface area contributed by atoms with Crippen LogP contribution in [0.1, 0.15) is 18.9 Å². The molecule has 0 saturated carbocycles. The molecule has 0 aliphatic rings. The van der Waals surface area contributed by atoms with Crippen LogP contribution in [0.3, 0.4) is 0 Å². The molecule has 1 aromatic rings. The third-order valence-corrected chi connectivity index (χ3v) is 4.26. The molecule has 1 aromatic carbocycles. The zero-order valence-corrected chi connectivity index (χ0v) is 11.1. The van der Waals surface area contributed by atoms with Gasteiger partial charge in [-0.1, -0.05) is 18.5 Å². The molecule has 0 amide bonds. The number of nitrogens with one attached hydrogen (secondary N) is 1. The highest BCUT2D eigenvalue weighted by Gasteiger charge is 2.23. The van der Waals surface area contributed by atoms with Crippen LogP contribution in [0.4, 0.5) is 5.69 Å². The molecule has 0 aromatic heterocycles. The number of sulfonamides is 1. The molecule has 1 unspecified atom stereocenters. The van der Waals surface area contributed by atoms with Crippen LogP contribution in [0, 0.1) is 18.3 Å². The molecule has 17 heavy (non-hydrogen) atoms. The molecule has 1 atom stereocenters. The van der Waals surface area contributed by atoms with Gasteiger partial charge < -0.3 is 0 Å². The van der Waals surface area contributed by atoms with Crippen molar-refractivity contribution in [3.63, 3.8) is 0 Å². The summed E-state index contributed by atoms with van der Waals surface area (Å²) >= 11 is 5.78. The maximum Gasteiger partial charge on any atom is 0.249 e. The fraction of sp³-hybridized carbons (Fsp3) is 0.364. The van der Waals surface area contributed by atoms with Gasteiger partial charge >= 0.3 is 0 Å². The van der Waals surface area contributed by atoms with Crippen LogP contribution in [-0.2, 0) is 10.0 Å². The quantitative estimate of drug-likeness (QED) is 0.916. The highest BCUT2D eigenvalue weighted by Crippen LogP contribution is 2.21. The summed E-state index contributed by atoms with van der Waals surface area (Å²) < 4.78 is 26.1. The van der Waals surface area contributed by atoms with Crippen molar-refractivity contribution in [1.82, 2.24) is 0 Å². The van der Waals surface area contributed by atoms with Gasteiger partial charge in [0, 0.05) is 5.02 Å². The maximum atomic E-state index is 11.8. The van der Waals surface area contributed by atoms with Crippen LogP contribution < -0.4 is 4.72 Å². The highest BCUT2D eigenvalue weighted by molar-refractivity contribution is 7.93. The predicted octanol–water partition coefficient (Wildman–Crippen LogP) is 2.69. The molecule has 0 heterocycles. The average molecular weight is 273 g/mol. The number of anilines is 1. The standard InChI is InChI=1S/C11H13ClN2O2S/c1-3-10(7-13)17(15,16)14-11-5-4-9(12)6-8(11)2/h4-6,10,14H,3H2,1-2H3. The Balaban J connectivity index is 3.03. The molecule has 0 saturated heterocycles. The Morgan fingerprint density at radius 2 is 2.18 bits per heavy atom. The molecule has 6 heteroatoms. The minimum Gasteiger partial charge on any atom is -0.282 e. The van der Waals surface area contributed by atoms with Gasteiger partial charge in [-0.25, -0.2) is 8.42 Å². The van der Waals surface area contributed by atoms with Gasteiger partial charge in [-0.05, 0) is 37.1 Å². The van der Waals surface area contributed by atoms with E-state index in [1.165, 1.54) is 0 Å². The van der Waals surface area contributed by atoms with Crippen molar-refractivity contribution >= 4 is 27.3 Å². The van der Waals surface area contributed by atoms with E-state index in [2.05, 4.69) is 4.72 Å². The van der Waals surface area contributed by atoms with Crippen molar-refractivity contribution in [2.45, 2.75) is 25.5 Å². The largest absolute Gasteiger partial charge is 0.282 e. The van der Waals surface area contributed by atoms with Crippen molar-refractivity contribution < 1.29 is 8.42 Å². The van der Waals surface area contributed by atoms with Crippen LogP contribution in [-0.4, -0.2) is 13.7 Å². The molecule has 0 aliphatic heterocycles. The van der Waals surface area contributed by atoms with Gasteiger partial charge in [0.1, 0.15) is 0 Å². The first kappa shape index (κ1) is 13.8. The molecular weight excluding hydrogens is 260 g/mol. The SMILES string of the molecule is CCC(C#N)S(=O)(=O)Nc1ccc(Cl)cc1C. The summed E-state index contributed by atoms with van der Waals surface area (Å²) in [5, 5.41) is 8.26. The summed E-state index contributed by atoms with van der Waals surface area (Å²) in [4.78, 5) is 0. The number of nitrogens with zero attached hydrogens (tertiary/aromatic N) is 1. The Morgan fingerprint density at radius 1 is 1.53 bits per heavy atom. The molecule has 0 bridgehead atoms. The zero-order chi connectivity index (χ0) is 13.1. The minimum absolute atomic E-state index is 0.248. The lowest BCUT2D eigenvalue weighted by atomic mass is 10.2. The summed E-state index contributed by atoms with van der Waals surface area (Å²) in [6.45, 7) is 3.40. The number of benzene rings is 1. The van der Waals surface area contributed by atoms with Crippen LogP contribution in [0.25, 0.3) is 0 Å². The Hall–Kier alpha value is -1.25. The zero-order valence-electron chi connectivity index (χ0n) is 9.57. The van der Waals surface area contributed by atoms with Gasteiger partial charge in [0.05, 0.1) is 11.8 Å². The van der Waals surface area contributed by atoms with E-state index in [0.717, 1.165) is 0 Å². The van der Waals surface area contributed by atoms with Gasteiger partial charge in [0.2, 0.25) is 10.0 Å². The molecule has 0 spiro atoms. The highest BCUT2D eigenvalue weighted by atomic mass is 35.5. The first-order chi connectivity index (χ1) is 7.90. The summed E-state index contributed by atoms with van der Waals surface area (Å²) in [5.41, 5.74) is 1.16. The summed E-state index contributed by atoms with van der Waals surface area (Å²) in [6, 6.07) is 6.61. The van der Waals surface area contributed by atoms with Crippen molar-refractivity contribution in [3.05, 3.63) is 28.8 Å². The summed E-state index contributed by atoms with van der Waals surface area (Å²) in [5.74, 6) is 0. The normalized spacial score (nSPS) is 12.8. The number of hydrogen-bond acceptors (Lipinski definition) is 3. The molecule has 0 radical (unpaired) electrons. The lowest BCUT2D eigenvalue weighted by molar-refractivity contribution is 0.593. The first-order valence-electron chi connectivity index (χ1n) is 5.08. The fourth-order valence-electron chi connectivity index (χ4n) is 1.35. The van der Waals surface area contributed by atoms with Crippen molar-refractivity contribution in [2.24, 2.45) is 0 Å². The Bertz CT molecular complexity index is 549. The second kappa shape index (κ2) is 5.39. The van der Waals surface area contributed by atoms with Gasteiger partial charge in [-0.2, -0.15) is 5.26 Å². The van der Waals surface area contributed by atoms with Crippen molar-refractivity contribution in [3.8, 4) is 6.07 Å². The van der Waals surface area contributed by atoms with Crippen LogP contribution in [0.15, 0.2) is 18.2 Å². The van der Waals surface area contributed by atoms with Crippen LogP contribution >= 0.6 is 11.6 Å². The van der Waals surface area contributed by atoms with Crippen LogP contribution in [0.5, 0.6) is 0 Å².